The Kier molecular flexibility index (Phi) is 54.9. The van der Waals surface area contributed by atoms with Gasteiger partial charge in [-0.2, -0.15) is 0 Å². The van der Waals surface area contributed by atoms with Gasteiger partial charge >= 0.3 is 17.9 Å². The molecule has 0 saturated heterocycles. The zero-order valence-electron chi connectivity index (χ0n) is 49.7. The van der Waals surface area contributed by atoms with Crippen LogP contribution < -0.4 is 0 Å². The van der Waals surface area contributed by atoms with Crippen molar-refractivity contribution in [2.24, 2.45) is 0 Å². The minimum Gasteiger partial charge on any atom is -0.477 e. The minimum absolute atomic E-state index is 0.183. The summed E-state index contributed by atoms with van der Waals surface area (Å²) in [4.78, 5) is 37.5. The lowest BCUT2D eigenvalue weighted by molar-refractivity contribution is -0.870. The Morgan fingerprint density at radius 3 is 1.15 bits per heavy atom. The molecule has 0 heterocycles. The summed E-state index contributed by atoms with van der Waals surface area (Å²) < 4.78 is 22.9. The number of allylic oxidation sites excluding steroid dienone is 10. The number of aliphatic carboxylic acids is 1. The van der Waals surface area contributed by atoms with Crippen molar-refractivity contribution in [3.63, 3.8) is 0 Å². The molecule has 2 unspecified atom stereocenters. The Morgan fingerprint density at radius 1 is 0.413 bits per heavy atom. The fourth-order valence-electron chi connectivity index (χ4n) is 8.94. The van der Waals surface area contributed by atoms with Crippen LogP contribution in [0.15, 0.2) is 60.8 Å². The molecule has 0 saturated carbocycles. The van der Waals surface area contributed by atoms with Gasteiger partial charge in [0.25, 0.3) is 6.29 Å². The molecule has 2 atom stereocenters. The highest BCUT2D eigenvalue weighted by Gasteiger charge is 2.25. The quantitative estimate of drug-likeness (QED) is 0.0211. The van der Waals surface area contributed by atoms with E-state index in [1.54, 1.807) is 0 Å². The zero-order chi connectivity index (χ0) is 54.8. The highest BCUT2D eigenvalue weighted by molar-refractivity contribution is 5.71. The molecule has 0 aliphatic carbocycles. The predicted octanol–water partition coefficient (Wildman–Crippen LogP) is 18.8. The van der Waals surface area contributed by atoms with Crippen molar-refractivity contribution >= 4 is 17.9 Å². The Balaban J connectivity index is 4.17. The number of ether oxygens (including phenoxy) is 4. The van der Waals surface area contributed by atoms with Crippen LogP contribution >= 0.6 is 0 Å². The molecule has 0 aromatic rings. The van der Waals surface area contributed by atoms with Crippen LogP contribution in [0.5, 0.6) is 0 Å². The molecule has 0 spiro atoms. The predicted molar refractivity (Wildman–Crippen MR) is 318 cm³/mol. The molecule has 436 valence electrons. The summed E-state index contributed by atoms with van der Waals surface area (Å²) in [5.41, 5.74) is 0. The number of likely N-dealkylation sites (N-methyl/N-ethyl adjacent to an activating group) is 1. The van der Waals surface area contributed by atoms with Crippen LogP contribution in [0.3, 0.4) is 0 Å². The summed E-state index contributed by atoms with van der Waals surface area (Å²) in [7, 11) is 5.97. The van der Waals surface area contributed by atoms with Gasteiger partial charge in [-0.3, -0.25) is 9.59 Å². The van der Waals surface area contributed by atoms with Crippen molar-refractivity contribution < 1.29 is 42.9 Å². The van der Waals surface area contributed by atoms with Crippen molar-refractivity contribution in [2.45, 2.75) is 296 Å². The molecule has 75 heavy (non-hydrogen) atoms. The second-order valence-electron chi connectivity index (χ2n) is 22.3. The number of hydrogen-bond donors (Lipinski definition) is 1. The Labute approximate surface area is 463 Å². The molecule has 9 nitrogen and oxygen atoms in total. The van der Waals surface area contributed by atoms with E-state index in [9.17, 15) is 19.5 Å². The first kappa shape index (κ1) is 72.0. The van der Waals surface area contributed by atoms with Crippen LogP contribution in [0.2, 0.25) is 0 Å². The van der Waals surface area contributed by atoms with E-state index in [4.69, 9.17) is 18.9 Å². The Morgan fingerprint density at radius 2 is 0.760 bits per heavy atom. The van der Waals surface area contributed by atoms with Crippen molar-refractivity contribution in [3.8, 4) is 0 Å². The molecule has 0 aromatic carbocycles. The lowest BCUT2D eigenvalue weighted by Gasteiger charge is -2.25. The van der Waals surface area contributed by atoms with Crippen molar-refractivity contribution in [1.82, 2.24) is 0 Å². The van der Waals surface area contributed by atoms with Crippen molar-refractivity contribution in [1.29, 1.82) is 0 Å². The van der Waals surface area contributed by atoms with E-state index in [2.05, 4.69) is 74.6 Å². The van der Waals surface area contributed by atoms with Crippen LogP contribution in [-0.2, 0) is 33.3 Å². The zero-order valence-corrected chi connectivity index (χ0v) is 49.7. The summed E-state index contributed by atoms with van der Waals surface area (Å²) in [5.74, 6) is -2.00. The van der Waals surface area contributed by atoms with Gasteiger partial charge in [-0.05, 0) is 77.0 Å². The van der Waals surface area contributed by atoms with E-state index < -0.39 is 24.3 Å². The number of carbonyl (C=O) groups excluding carboxylic acids is 2. The fraction of sp³-hybridized carbons (Fsp3) is 0.803. The Hall–Kier alpha value is -3.01. The monoisotopic (exact) mass is 1050 g/mol. The van der Waals surface area contributed by atoms with Crippen LogP contribution in [0.25, 0.3) is 0 Å². The van der Waals surface area contributed by atoms with Gasteiger partial charge in [-0.25, -0.2) is 4.79 Å². The maximum absolute atomic E-state index is 12.9. The molecule has 0 fully saturated rings. The summed E-state index contributed by atoms with van der Waals surface area (Å²) in [6.07, 6.45) is 70.2. The first-order chi connectivity index (χ1) is 36.6. The van der Waals surface area contributed by atoms with E-state index >= 15 is 0 Å². The smallest absolute Gasteiger partial charge is 0.361 e. The summed E-state index contributed by atoms with van der Waals surface area (Å²) in [6.45, 7) is 4.79. The third-order valence-corrected chi connectivity index (χ3v) is 13.8. The molecule has 1 N–H and O–H groups in total. The summed E-state index contributed by atoms with van der Waals surface area (Å²) >= 11 is 0. The molecule has 0 aliphatic heterocycles. The minimum atomic E-state index is -1.51. The number of rotatable bonds is 58. The van der Waals surface area contributed by atoms with Crippen molar-refractivity contribution in [2.75, 3.05) is 47.5 Å². The van der Waals surface area contributed by atoms with Crippen molar-refractivity contribution in [3.05, 3.63) is 60.8 Å². The standard InChI is InChI=1S/C66H119NO8/c1-6-8-10-12-14-16-18-20-22-24-26-28-30-31-32-33-35-36-38-40-42-44-46-48-50-52-54-56-63(68)73-60-62(61-74-66(65(70)71)72-59-58-67(3,4)5)75-64(69)57-55-53-51-49-47-45-43-41-39-37-34-29-27-25-23-21-19-17-15-13-11-9-7-2/h9,11,15,17,21,23-24,26-27,29,62,66H,6-8,10,12-14,16,18-20,22,25,28,30-61H2,1-5H3/p+1/b11-9-,17-15-,23-21-,26-24-,29-27-. The van der Waals surface area contributed by atoms with Crippen LogP contribution in [0.4, 0.5) is 0 Å². The van der Waals surface area contributed by atoms with Gasteiger partial charge in [-0.15, -0.1) is 0 Å². The van der Waals surface area contributed by atoms with Gasteiger partial charge in [0, 0.05) is 12.8 Å². The number of esters is 2. The van der Waals surface area contributed by atoms with Gasteiger partial charge in [0.2, 0.25) is 0 Å². The molecule has 0 radical (unpaired) electrons. The third kappa shape index (κ3) is 58.5. The van der Waals surface area contributed by atoms with E-state index in [0.717, 1.165) is 70.6 Å². The molecule has 0 amide bonds. The largest absolute Gasteiger partial charge is 0.477 e. The second kappa shape index (κ2) is 57.2. The third-order valence-electron chi connectivity index (χ3n) is 13.8. The second-order valence-corrected chi connectivity index (χ2v) is 22.3. The van der Waals surface area contributed by atoms with E-state index in [-0.39, 0.29) is 32.2 Å². The lowest BCUT2D eigenvalue weighted by Crippen LogP contribution is -2.40. The van der Waals surface area contributed by atoms with E-state index in [0.29, 0.717) is 23.9 Å². The summed E-state index contributed by atoms with van der Waals surface area (Å²) in [5, 5.41) is 9.72. The normalized spacial score (nSPS) is 13.1. The average Bonchev–Trinajstić information content (AvgIpc) is 3.38. The molecular formula is C66H120NO8+. The van der Waals surface area contributed by atoms with Crippen LogP contribution in [0.1, 0.15) is 284 Å². The molecular weight excluding hydrogens is 935 g/mol. The summed E-state index contributed by atoms with van der Waals surface area (Å²) in [6, 6.07) is 0. The van der Waals surface area contributed by atoms with Crippen LogP contribution in [0, 0.1) is 0 Å². The highest BCUT2D eigenvalue weighted by Crippen LogP contribution is 2.17. The number of nitrogens with zero attached hydrogens (tertiary/aromatic N) is 1. The maximum atomic E-state index is 12.9. The maximum Gasteiger partial charge on any atom is 0.361 e. The first-order valence-corrected chi connectivity index (χ1v) is 31.5. The SMILES string of the molecule is CC/C=C\C/C=C\C/C=C\C/C=C\CCCCCCCCCCCCC(=O)OC(COC(=O)CCCCCCCCCCCCCCCCC/C=C\CCCCCCCCCC)COC(OCC[N+](C)(C)C)C(=O)O. The molecule has 0 aliphatic rings. The number of quaternary nitrogens is 1. The topological polar surface area (TPSA) is 108 Å². The Bertz CT molecular complexity index is 1410. The highest BCUT2D eigenvalue weighted by atomic mass is 16.7. The molecule has 0 rings (SSSR count). The van der Waals surface area contributed by atoms with Gasteiger partial charge in [-0.1, -0.05) is 254 Å². The van der Waals surface area contributed by atoms with Crippen LogP contribution in [-0.4, -0.2) is 87.4 Å². The number of unbranched alkanes of at least 4 members (excludes halogenated alkanes) is 33. The average molecular weight is 1060 g/mol. The number of hydrogen-bond acceptors (Lipinski definition) is 7. The number of carbonyl (C=O) groups is 3. The molecule has 9 heteroatoms. The van der Waals surface area contributed by atoms with E-state index in [1.807, 2.05) is 21.1 Å². The first-order valence-electron chi connectivity index (χ1n) is 31.5. The van der Waals surface area contributed by atoms with E-state index in [1.165, 1.54) is 180 Å². The number of carboxylic acid groups (broad SMARTS) is 1. The lowest BCUT2D eigenvalue weighted by atomic mass is 10.0. The fourth-order valence-corrected chi connectivity index (χ4v) is 8.94. The van der Waals surface area contributed by atoms with Gasteiger partial charge in [0.05, 0.1) is 34.4 Å². The van der Waals surface area contributed by atoms with Gasteiger partial charge < -0.3 is 28.5 Å². The molecule has 0 bridgehead atoms. The molecule has 0 aromatic heterocycles. The number of carboxylic acids is 1. The van der Waals surface area contributed by atoms with Gasteiger partial charge in [0.15, 0.2) is 6.10 Å². The van der Waals surface area contributed by atoms with Gasteiger partial charge in [0.1, 0.15) is 13.2 Å².